The fraction of sp³-hybridized carbons (Fsp3) is 0.545. The Morgan fingerprint density at radius 1 is 1.44 bits per heavy atom. The van der Waals surface area contributed by atoms with Crippen molar-refractivity contribution in [2.45, 2.75) is 18.9 Å². The van der Waals surface area contributed by atoms with Crippen LogP contribution in [0.5, 0.6) is 5.75 Å². The van der Waals surface area contributed by atoms with Crippen molar-refractivity contribution in [1.29, 1.82) is 0 Å². The highest BCUT2D eigenvalue weighted by atomic mass is 79.9. The van der Waals surface area contributed by atoms with E-state index in [1.165, 1.54) is 0 Å². The quantitative estimate of drug-likeness (QED) is 0.902. The van der Waals surface area contributed by atoms with Crippen molar-refractivity contribution in [3.8, 4) is 5.75 Å². The number of hydrogen-bond acceptors (Lipinski definition) is 4. The van der Waals surface area contributed by atoms with Crippen molar-refractivity contribution in [2.75, 3.05) is 25.9 Å². The number of hydrogen-bond donors (Lipinski definition) is 1. The molecule has 1 aliphatic rings. The first kappa shape index (κ1) is 11.7. The zero-order valence-electron chi connectivity index (χ0n) is 9.32. The van der Waals surface area contributed by atoms with E-state index in [1.54, 1.807) is 12.4 Å². The molecule has 1 fully saturated rings. The number of piperidine rings is 1. The number of halogens is 1. The van der Waals surface area contributed by atoms with Crippen LogP contribution in [0, 0.1) is 0 Å². The summed E-state index contributed by atoms with van der Waals surface area (Å²) < 4.78 is 6.75. The van der Waals surface area contributed by atoms with Crippen LogP contribution in [0.1, 0.15) is 12.8 Å². The SMILES string of the molecule is CN1CCC(Oc2c(N)cncc2Br)CC1. The molecule has 0 saturated carbocycles. The summed E-state index contributed by atoms with van der Waals surface area (Å²) in [6, 6.07) is 0. The van der Waals surface area contributed by atoms with Crippen molar-refractivity contribution in [3.05, 3.63) is 16.9 Å². The zero-order chi connectivity index (χ0) is 11.5. The fourth-order valence-corrected chi connectivity index (χ4v) is 2.27. The zero-order valence-corrected chi connectivity index (χ0v) is 10.9. The molecule has 1 saturated heterocycles. The largest absolute Gasteiger partial charge is 0.487 e. The second-order valence-corrected chi connectivity index (χ2v) is 5.01. The Morgan fingerprint density at radius 2 is 2.12 bits per heavy atom. The number of likely N-dealkylation sites (tertiary alicyclic amines) is 1. The molecule has 16 heavy (non-hydrogen) atoms. The van der Waals surface area contributed by atoms with Crippen LogP contribution < -0.4 is 10.5 Å². The molecule has 0 amide bonds. The van der Waals surface area contributed by atoms with Crippen molar-refractivity contribution in [1.82, 2.24) is 9.88 Å². The number of aromatic nitrogens is 1. The minimum Gasteiger partial charge on any atom is -0.487 e. The molecule has 2 N–H and O–H groups in total. The molecule has 0 aromatic carbocycles. The molecule has 0 atom stereocenters. The summed E-state index contributed by atoms with van der Waals surface area (Å²) in [6.45, 7) is 2.15. The second-order valence-electron chi connectivity index (χ2n) is 4.16. The number of nitrogen functional groups attached to an aromatic ring is 1. The fourth-order valence-electron chi connectivity index (χ4n) is 1.83. The Balaban J connectivity index is 2.04. The van der Waals surface area contributed by atoms with E-state index in [1.807, 2.05) is 0 Å². The van der Waals surface area contributed by atoms with Gasteiger partial charge in [-0.1, -0.05) is 0 Å². The molecule has 2 rings (SSSR count). The van der Waals surface area contributed by atoms with E-state index in [-0.39, 0.29) is 6.10 Å². The highest BCUT2D eigenvalue weighted by Crippen LogP contribution is 2.32. The van der Waals surface area contributed by atoms with E-state index in [9.17, 15) is 0 Å². The topological polar surface area (TPSA) is 51.4 Å². The van der Waals surface area contributed by atoms with Gasteiger partial charge in [-0.05, 0) is 35.8 Å². The lowest BCUT2D eigenvalue weighted by Gasteiger charge is -2.29. The number of ether oxygens (including phenoxy) is 1. The molecule has 1 aromatic heterocycles. The highest BCUT2D eigenvalue weighted by molar-refractivity contribution is 9.10. The molecule has 0 spiro atoms. The Kier molecular flexibility index (Phi) is 3.66. The molecule has 2 heterocycles. The number of pyridine rings is 1. The van der Waals surface area contributed by atoms with Gasteiger partial charge in [-0.2, -0.15) is 0 Å². The maximum Gasteiger partial charge on any atom is 0.159 e. The second kappa shape index (κ2) is 5.01. The van der Waals surface area contributed by atoms with Crippen molar-refractivity contribution >= 4 is 21.6 Å². The molecular formula is C11H16BrN3O. The third-order valence-corrected chi connectivity index (χ3v) is 3.40. The van der Waals surface area contributed by atoms with Crippen LogP contribution >= 0.6 is 15.9 Å². The summed E-state index contributed by atoms with van der Waals surface area (Å²) in [7, 11) is 2.13. The van der Waals surface area contributed by atoms with Crippen LogP contribution in [0.25, 0.3) is 0 Å². The summed E-state index contributed by atoms with van der Waals surface area (Å²) in [4.78, 5) is 6.30. The first-order valence-electron chi connectivity index (χ1n) is 5.41. The van der Waals surface area contributed by atoms with Gasteiger partial charge in [0.05, 0.1) is 16.4 Å². The van der Waals surface area contributed by atoms with Crippen LogP contribution in [-0.2, 0) is 0 Å². The van der Waals surface area contributed by atoms with Crippen LogP contribution in [0.2, 0.25) is 0 Å². The molecule has 5 heteroatoms. The van der Waals surface area contributed by atoms with Gasteiger partial charge in [0.15, 0.2) is 5.75 Å². The standard InChI is InChI=1S/C11H16BrN3O/c1-15-4-2-8(3-5-15)16-11-9(12)6-14-7-10(11)13/h6-8H,2-5,13H2,1H3. The third-order valence-electron chi connectivity index (χ3n) is 2.83. The lowest BCUT2D eigenvalue weighted by Crippen LogP contribution is -2.35. The van der Waals surface area contributed by atoms with Gasteiger partial charge >= 0.3 is 0 Å². The normalized spacial score (nSPS) is 18.6. The lowest BCUT2D eigenvalue weighted by molar-refractivity contribution is 0.114. The molecule has 4 nitrogen and oxygen atoms in total. The van der Waals surface area contributed by atoms with E-state index in [0.29, 0.717) is 5.69 Å². The lowest BCUT2D eigenvalue weighted by atomic mass is 10.1. The summed E-state index contributed by atoms with van der Waals surface area (Å²) in [5.41, 5.74) is 6.43. The van der Waals surface area contributed by atoms with Crippen molar-refractivity contribution < 1.29 is 4.74 Å². The van der Waals surface area contributed by atoms with E-state index < -0.39 is 0 Å². The monoisotopic (exact) mass is 285 g/mol. The predicted octanol–water partition coefficient (Wildman–Crippen LogP) is 1.90. The summed E-state index contributed by atoms with van der Waals surface area (Å²) in [6.07, 6.45) is 5.68. The predicted molar refractivity (Wildman–Crippen MR) is 67.5 cm³/mol. The van der Waals surface area contributed by atoms with Gasteiger partial charge in [-0.25, -0.2) is 0 Å². The number of nitrogens with two attached hydrogens (primary N) is 1. The Hall–Kier alpha value is -0.810. The highest BCUT2D eigenvalue weighted by Gasteiger charge is 2.19. The average molecular weight is 286 g/mol. The van der Waals surface area contributed by atoms with Crippen LogP contribution in [-0.4, -0.2) is 36.1 Å². The Labute approximate surface area is 104 Å². The minimum atomic E-state index is 0.261. The smallest absolute Gasteiger partial charge is 0.159 e. The van der Waals surface area contributed by atoms with Gasteiger partial charge in [0, 0.05) is 19.3 Å². The van der Waals surface area contributed by atoms with Crippen LogP contribution in [0.15, 0.2) is 16.9 Å². The maximum absolute atomic E-state index is 5.93. The average Bonchev–Trinajstić information content (AvgIpc) is 2.26. The molecular weight excluding hydrogens is 270 g/mol. The van der Waals surface area contributed by atoms with Gasteiger partial charge in [0.2, 0.25) is 0 Å². The van der Waals surface area contributed by atoms with E-state index >= 15 is 0 Å². The van der Waals surface area contributed by atoms with E-state index in [2.05, 4.69) is 32.9 Å². The number of anilines is 1. The molecule has 0 bridgehead atoms. The molecule has 88 valence electrons. The van der Waals surface area contributed by atoms with E-state index in [4.69, 9.17) is 10.5 Å². The molecule has 0 radical (unpaired) electrons. The Morgan fingerprint density at radius 3 is 2.75 bits per heavy atom. The minimum absolute atomic E-state index is 0.261. The Bertz CT molecular complexity index is 344. The first-order valence-corrected chi connectivity index (χ1v) is 6.20. The summed E-state index contributed by atoms with van der Waals surface area (Å²) >= 11 is 3.41. The van der Waals surface area contributed by atoms with Gasteiger partial charge in [-0.15, -0.1) is 0 Å². The number of nitrogens with zero attached hydrogens (tertiary/aromatic N) is 2. The van der Waals surface area contributed by atoms with Gasteiger partial charge in [0.25, 0.3) is 0 Å². The summed E-state index contributed by atoms with van der Waals surface area (Å²) in [5, 5.41) is 0. The van der Waals surface area contributed by atoms with Crippen molar-refractivity contribution in [2.24, 2.45) is 0 Å². The summed E-state index contributed by atoms with van der Waals surface area (Å²) in [5.74, 6) is 0.726. The van der Waals surface area contributed by atoms with Crippen molar-refractivity contribution in [3.63, 3.8) is 0 Å². The third kappa shape index (κ3) is 2.65. The van der Waals surface area contributed by atoms with Gasteiger partial charge < -0.3 is 15.4 Å². The van der Waals surface area contributed by atoms with Crippen LogP contribution in [0.3, 0.4) is 0 Å². The molecule has 1 aromatic rings. The molecule has 0 unspecified atom stereocenters. The molecule has 0 aliphatic carbocycles. The molecule has 1 aliphatic heterocycles. The van der Waals surface area contributed by atoms with Gasteiger partial charge in [-0.3, -0.25) is 4.98 Å². The number of rotatable bonds is 2. The van der Waals surface area contributed by atoms with Crippen LogP contribution in [0.4, 0.5) is 5.69 Å². The van der Waals surface area contributed by atoms with E-state index in [0.717, 1.165) is 36.2 Å². The van der Waals surface area contributed by atoms with Gasteiger partial charge in [0.1, 0.15) is 6.10 Å². The maximum atomic E-state index is 5.93. The first-order chi connectivity index (χ1) is 7.66.